The van der Waals surface area contributed by atoms with Crippen molar-refractivity contribution in [3.05, 3.63) is 35.9 Å². The number of aliphatic carboxylic acids is 1. The van der Waals surface area contributed by atoms with E-state index in [0.717, 1.165) is 19.4 Å². The van der Waals surface area contributed by atoms with Crippen LogP contribution in [-0.2, 0) is 11.2 Å². The summed E-state index contributed by atoms with van der Waals surface area (Å²) < 4.78 is 0. The molecular weight excluding hydrogens is 238 g/mol. The van der Waals surface area contributed by atoms with Gasteiger partial charge in [0.2, 0.25) is 0 Å². The van der Waals surface area contributed by atoms with Gasteiger partial charge in [-0.1, -0.05) is 37.3 Å². The van der Waals surface area contributed by atoms with Crippen LogP contribution in [0.4, 0.5) is 0 Å². The summed E-state index contributed by atoms with van der Waals surface area (Å²) in [5.74, 6) is -0.763. The molecule has 1 rings (SSSR count). The number of carboxylic acid groups (broad SMARTS) is 1. The summed E-state index contributed by atoms with van der Waals surface area (Å²) in [6.07, 6.45) is 1.95. The zero-order valence-electron chi connectivity index (χ0n) is 12.4. The van der Waals surface area contributed by atoms with Crippen LogP contribution in [0.2, 0.25) is 0 Å². The van der Waals surface area contributed by atoms with Crippen LogP contribution in [0.1, 0.15) is 39.7 Å². The minimum Gasteiger partial charge on any atom is -0.480 e. The average molecular weight is 263 g/mol. The van der Waals surface area contributed by atoms with Crippen molar-refractivity contribution in [2.45, 2.75) is 52.1 Å². The number of aryl methyl sites for hydroxylation is 1. The minimum absolute atomic E-state index is 0.247. The molecule has 0 saturated heterocycles. The van der Waals surface area contributed by atoms with Gasteiger partial charge in [0.25, 0.3) is 0 Å². The van der Waals surface area contributed by atoms with E-state index in [1.54, 1.807) is 13.8 Å². The molecule has 1 aromatic rings. The lowest BCUT2D eigenvalue weighted by atomic mass is 9.97. The zero-order valence-corrected chi connectivity index (χ0v) is 12.4. The summed E-state index contributed by atoms with van der Waals surface area (Å²) in [7, 11) is 0. The van der Waals surface area contributed by atoms with Gasteiger partial charge >= 0.3 is 5.97 Å². The van der Waals surface area contributed by atoms with Crippen molar-refractivity contribution in [1.29, 1.82) is 0 Å². The molecule has 1 atom stereocenters. The second-order valence-electron chi connectivity index (χ2n) is 5.52. The fraction of sp³-hybridized carbons (Fsp3) is 0.562. The molecule has 19 heavy (non-hydrogen) atoms. The van der Waals surface area contributed by atoms with E-state index in [0.29, 0.717) is 0 Å². The highest BCUT2D eigenvalue weighted by molar-refractivity contribution is 5.77. The Morgan fingerprint density at radius 2 is 1.89 bits per heavy atom. The maximum absolute atomic E-state index is 11.4. The smallest absolute Gasteiger partial charge is 0.323 e. The SMILES string of the molecule is CCN(C(C)CCc1ccccc1)C(C)(C)C(=O)O. The van der Waals surface area contributed by atoms with Crippen LogP contribution in [0.25, 0.3) is 0 Å². The highest BCUT2D eigenvalue weighted by Gasteiger charge is 2.36. The first-order chi connectivity index (χ1) is 8.89. The molecule has 0 spiro atoms. The Kier molecular flexibility index (Phi) is 5.55. The van der Waals surface area contributed by atoms with E-state index in [2.05, 4.69) is 24.0 Å². The molecule has 1 aromatic carbocycles. The van der Waals surface area contributed by atoms with Gasteiger partial charge in [0.05, 0.1) is 0 Å². The van der Waals surface area contributed by atoms with Crippen molar-refractivity contribution in [3.8, 4) is 0 Å². The number of rotatable bonds is 7. The monoisotopic (exact) mass is 263 g/mol. The van der Waals surface area contributed by atoms with Crippen LogP contribution in [0.5, 0.6) is 0 Å². The average Bonchev–Trinajstić information content (AvgIpc) is 2.38. The zero-order chi connectivity index (χ0) is 14.5. The largest absolute Gasteiger partial charge is 0.480 e. The molecule has 1 N–H and O–H groups in total. The molecule has 106 valence electrons. The van der Waals surface area contributed by atoms with Gasteiger partial charge in [-0.25, -0.2) is 0 Å². The lowest BCUT2D eigenvalue weighted by Crippen LogP contribution is -2.53. The van der Waals surface area contributed by atoms with Gasteiger partial charge in [0.1, 0.15) is 5.54 Å². The van der Waals surface area contributed by atoms with Crippen LogP contribution in [0.3, 0.4) is 0 Å². The molecular formula is C16H25NO2. The van der Waals surface area contributed by atoms with Gasteiger partial charge in [-0.15, -0.1) is 0 Å². The quantitative estimate of drug-likeness (QED) is 0.821. The number of likely N-dealkylation sites (N-methyl/N-ethyl adjacent to an activating group) is 1. The Labute approximate surface area is 116 Å². The Morgan fingerprint density at radius 3 is 2.37 bits per heavy atom. The standard InChI is InChI=1S/C16H25NO2/c1-5-17(16(3,4)15(18)19)13(2)11-12-14-9-7-6-8-10-14/h6-10,13H,5,11-12H2,1-4H3,(H,18,19). The number of carbonyl (C=O) groups is 1. The molecule has 0 heterocycles. The molecule has 0 aliphatic rings. The summed E-state index contributed by atoms with van der Waals surface area (Å²) in [5.41, 5.74) is 0.490. The van der Waals surface area contributed by atoms with Gasteiger partial charge in [-0.3, -0.25) is 9.69 Å². The van der Waals surface area contributed by atoms with Crippen LogP contribution in [0, 0.1) is 0 Å². The molecule has 3 nitrogen and oxygen atoms in total. The van der Waals surface area contributed by atoms with Crippen molar-refractivity contribution in [3.63, 3.8) is 0 Å². The molecule has 3 heteroatoms. The summed E-state index contributed by atoms with van der Waals surface area (Å²) in [6, 6.07) is 10.6. The van der Waals surface area contributed by atoms with Crippen molar-refractivity contribution in [1.82, 2.24) is 4.90 Å². The first-order valence-electron chi connectivity index (χ1n) is 6.93. The minimum atomic E-state index is -0.815. The van der Waals surface area contributed by atoms with Crippen molar-refractivity contribution >= 4 is 5.97 Å². The third-order valence-corrected chi connectivity index (χ3v) is 3.81. The van der Waals surface area contributed by atoms with Crippen molar-refractivity contribution in [2.75, 3.05) is 6.54 Å². The first-order valence-corrected chi connectivity index (χ1v) is 6.93. The molecule has 0 amide bonds. The van der Waals surface area contributed by atoms with E-state index in [4.69, 9.17) is 0 Å². The second-order valence-corrected chi connectivity index (χ2v) is 5.52. The summed E-state index contributed by atoms with van der Waals surface area (Å²) in [4.78, 5) is 13.4. The fourth-order valence-electron chi connectivity index (χ4n) is 2.56. The van der Waals surface area contributed by atoms with Crippen molar-refractivity contribution < 1.29 is 9.90 Å². The van der Waals surface area contributed by atoms with Crippen LogP contribution in [0.15, 0.2) is 30.3 Å². The van der Waals surface area contributed by atoms with Crippen LogP contribution >= 0.6 is 0 Å². The predicted molar refractivity (Wildman–Crippen MR) is 78.3 cm³/mol. The maximum Gasteiger partial charge on any atom is 0.323 e. The Balaban J connectivity index is 2.65. The maximum atomic E-state index is 11.4. The van der Waals surface area contributed by atoms with Gasteiger partial charge in [-0.05, 0) is 45.7 Å². The molecule has 0 aliphatic carbocycles. The van der Waals surface area contributed by atoms with E-state index >= 15 is 0 Å². The number of nitrogens with zero attached hydrogens (tertiary/aromatic N) is 1. The Morgan fingerprint density at radius 1 is 1.32 bits per heavy atom. The molecule has 0 aliphatic heterocycles. The molecule has 0 bridgehead atoms. The highest BCUT2D eigenvalue weighted by atomic mass is 16.4. The van der Waals surface area contributed by atoms with Crippen molar-refractivity contribution in [2.24, 2.45) is 0 Å². The molecule has 0 radical (unpaired) electrons. The first kappa shape index (κ1) is 15.7. The van der Waals surface area contributed by atoms with Gasteiger partial charge in [0.15, 0.2) is 0 Å². The summed E-state index contributed by atoms with van der Waals surface area (Å²) in [6.45, 7) is 8.42. The summed E-state index contributed by atoms with van der Waals surface area (Å²) in [5, 5.41) is 9.34. The third kappa shape index (κ3) is 4.06. The predicted octanol–water partition coefficient (Wildman–Crippen LogP) is 3.19. The molecule has 1 unspecified atom stereocenters. The van der Waals surface area contributed by atoms with Crippen LogP contribution < -0.4 is 0 Å². The lowest BCUT2D eigenvalue weighted by Gasteiger charge is -2.39. The van der Waals surface area contributed by atoms with Gasteiger partial charge < -0.3 is 5.11 Å². The Bertz CT molecular complexity index is 400. The van der Waals surface area contributed by atoms with Gasteiger partial charge in [0, 0.05) is 6.04 Å². The third-order valence-electron chi connectivity index (χ3n) is 3.81. The molecule has 0 fully saturated rings. The molecule has 0 aromatic heterocycles. The number of benzene rings is 1. The highest BCUT2D eigenvalue weighted by Crippen LogP contribution is 2.20. The lowest BCUT2D eigenvalue weighted by molar-refractivity contribution is -0.150. The number of carboxylic acids is 1. The number of hydrogen-bond acceptors (Lipinski definition) is 2. The second kappa shape index (κ2) is 6.71. The van der Waals surface area contributed by atoms with E-state index < -0.39 is 11.5 Å². The van der Waals surface area contributed by atoms with Gasteiger partial charge in [-0.2, -0.15) is 0 Å². The normalized spacial score (nSPS) is 13.5. The number of hydrogen-bond donors (Lipinski definition) is 1. The summed E-state index contributed by atoms with van der Waals surface area (Å²) >= 11 is 0. The fourth-order valence-corrected chi connectivity index (χ4v) is 2.56. The Hall–Kier alpha value is -1.35. The van der Waals surface area contributed by atoms with E-state index in [9.17, 15) is 9.90 Å². The topological polar surface area (TPSA) is 40.5 Å². The van der Waals surface area contributed by atoms with E-state index in [-0.39, 0.29) is 6.04 Å². The molecule has 0 saturated carbocycles. The van der Waals surface area contributed by atoms with E-state index in [1.165, 1.54) is 5.56 Å². The van der Waals surface area contributed by atoms with E-state index in [1.807, 2.05) is 25.1 Å². The van der Waals surface area contributed by atoms with Crippen LogP contribution in [-0.4, -0.2) is 34.1 Å².